The number of nitrogens with two attached hydrogens (primary N) is 1. The molecule has 184 valence electrons. The minimum Gasteiger partial charge on any atom is -0.496 e. The lowest BCUT2D eigenvalue weighted by atomic mass is 10.0. The first-order chi connectivity index (χ1) is 16.3. The third-order valence-electron chi connectivity index (χ3n) is 6.21. The molecule has 0 radical (unpaired) electrons. The maximum Gasteiger partial charge on any atom is 0.255 e. The summed E-state index contributed by atoms with van der Waals surface area (Å²) in [4.78, 5) is 29.4. The van der Waals surface area contributed by atoms with E-state index in [1.807, 2.05) is 30.3 Å². The summed E-state index contributed by atoms with van der Waals surface area (Å²) in [6.45, 7) is 2.26. The molecule has 1 saturated heterocycles. The van der Waals surface area contributed by atoms with E-state index in [2.05, 4.69) is 10.2 Å². The summed E-state index contributed by atoms with van der Waals surface area (Å²) in [5.74, 6) is 0.178. The third kappa shape index (κ3) is 6.40. The van der Waals surface area contributed by atoms with E-state index in [0.29, 0.717) is 35.0 Å². The van der Waals surface area contributed by atoms with Gasteiger partial charge in [-0.25, -0.2) is 0 Å². The second-order valence-electron chi connectivity index (χ2n) is 8.41. The summed E-state index contributed by atoms with van der Waals surface area (Å²) in [5, 5.41) is 3.36. The highest BCUT2D eigenvalue weighted by Crippen LogP contribution is 2.29. The molecule has 0 bridgehead atoms. The SMILES string of the molecule is COc1cc(N)c(Cl)cc1C(=O)NC1CCN(CCCC(=O)N(C)c2ccccc2)CC1OC. The Kier molecular flexibility index (Phi) is 9.15. The van der Waals surface area contributed by atoms with E-state index in [9.17, 15) is 9.59 Å². The standard InChI is InChI=1S/C25H33ClN4O4/c1-29(17-8-5-4-6-9-17)24(31)10-7-12-30-13-11-21(23(16-30)34-3)28-25(32)18-14-19(26)20(27)15-22(18)33-2/h4-6,8-9,14-15,21,23H,7,10-13,16,27H2,1-3H3,(H,28,32). The van der Waals surface area contributed by atoms with Gasteiger partial charge < -0.3 is 30.3 Å². The smallest absolute Gasteiger partial charge is 0.255 e. The number of nitrogens with one attached hydrogen (secondary N) is 1. The van der Waals surface area contributed by atoms with Crippen molar-refractivity contribution in [3.05, 3.63) is 53.1 Å². The van der Waals surface area contributed by atoms with E-state index in [0.717, 1.165) is 31.6 Å². The van der Waals surface area contributed by atoms with E-state index in [1.165, 1.54) is 13.2 Å². The molecule has 3 rings (SSSR count). The van der Waals surface area contributed by atoms with Gasteiger partial charge in [0, 0.05) is 45.4 Å². The number of piperidine rings is 1. The Balaban J connectivity index is 1.50. The first-order valence-corrected chi connectivity index (χ1v) is 11.7. The summed E-state index contributed by atoms with van der Waals surface area (Å²) in [5.41, 5.74) is 7.40. The highest BCUT2D eigenvalue weighted by molar-refractivity contribution is 6.33. The lowest BCUT2D eigenvalue weighted by Gasteiger charge is -2.38. The van der Waals surface area contributed by atoms with E-state index in [1.54, 1.807) is 25.1 Å². The Morgan fingerprint density at radius 3 is 2.65 bits per heavy atom. The van der Waals surface area contributed by atoms with Gasteiger partial charge in [-0.3, -0.25) is 9.59 Å². The molecular weight excluding hydrogens is 456 g/mol. The quantitative estimate of drug-likeness (QED) is 0.526. The molecule has 1 aliphatic heterocycles. The van der Waals surface area contributed by atoms with Crippen LogP contribution in [-0.4, -0.2) is 69.8 Å². The van der Waals surface area contributed by atoms with E-state index >= 15 is 0 Å². The van der Waals surface area contributed by atoms with Gasteiger partial charge in [0.1, 0.15) is 5.75 Å². The molecule has 8 nitrogen and oxygen atoms in total. The summed E-state index contributed by atoms with van der Waals surface area (Å²) in [7, 11) is 4.93. The van der Waals surface area contributed by atoms with Crippen LogP contribution in [0.25, 0.3) is 0 Å². The van der Waals surface area contributed by atoms with Crippen LogP contribution in [0.1, 0.15) is 29.6 Å². The number of rotatable bonds is 9. The molecule has 0 aromatic heterocycles. The Bertz CT molecular complexity index is 988. The Hall–Kier alpha value is -2.81. The summed E-state index contributed by atoms with van der Waals surface area (Å²) in [6, 6.07) is 12.5. The average molecular weight is 489 g/mol. The molecule has 0 spiro atoms. The Morgan fingerprint density at radius 1 is 1.24 bits per heavy atom. The summed E-state index contributed by atoms with van der Waals surface area (Å²) >= 11 is 6.11. The second-order valence-corrected chi connectivity index (χ2v) is 8.82. The number of methoxy groups -OCH3 is 2. The first kappa shape index (κ1) is 25.8. The molecule has 3 N–H and O–H groups in total. The minimum absolute atomic E-state index is 0.0905. The molecule has 1 heterocycles. The average Bonchev–Trinajstić information content (AvgIpc) is 2.85. The van der Waals surface area contributed by atoms with E-state index in [-0.39, 0.29) is 24.0 Å². The molecule has 34 heavy (non-hydrogen) atoms. The van der Waals surface area contributed by atoms with Crippen molar-refractivity contribution in [3.8, 4) is 5.75 Å². The van der Waals surface area contributed by atoms with E-state index < -0.39 is 0 Å². The molecule has 2 amide bonds. The maximum absolute atomic E-state index is 12.9. The number of anilines is 2. The number of halogens is 1. The van der Waals surface area contributed by atoms with Gasteiger partial charge in [-0.2, -0.15) is 0 Å². The third-order valence-corrected chi connectivity index (χ3v) is 6.54. The Morgan fingerprint density at radius 2 is 1.97 bits per heavy atom. The zero-order chi connectivity index (χ0) is 24.7. The lowest BCUT2D eigenvalue weighted by Crippen LogP contribution is -2.55. The first-order valence-electron chi connectivity index (χ1n) is 11.3. The molecule has 2 atom stereocenters. The van der Waals surface area contributed by atoms with Gasteiger partial charge in [0.25, 0.3) is 5.91 Å². The molecule has 2 unspecified atom stereocenters. The lowest BCUT2D eigenvalue weighted by molar-refractivity contribution is -0.118. The van der Waals surface area contributed by atoms with Gasteiger partial charge in [-0.15, -0.1) is 0 Å². The fourth-order valence-corrected chi connectivity index (χ4v) is 4.33. The largest absolute Gasteiger partial charge is 0.496 e. The van der Waals surface area contributed by atoms with Crippen LogP contribution in [0, 0.1) is 0 Å². The summed E-state index contributed by atoms with van der Waals surface area (Å²) in [6.07, 6.45) is 1.78. The number of ether oxygens (including phenoxy) is 2. The normalized spacial score (nSPS) is 18.4. The monoisotopic (exact) mass is 488 g/mol. The zero-order valence-electron chi connectivity index (χ0n) is 19.9. The predicted molar refractivity (Wildman–Crippen MR) is 135 cm³/mol. The number of hydrogen-bond acceptors (Lipinski definition) is 6. The van der Waals surface area contributed by atoms with Gasteiger partial charge in [0.05, 0.1) is 35.5 Å². The number of amides is 2. The molecule has 9 heteroatoms. The van der Waals surface area contributed by atoms with Crippen LogP contribution in [0.15, 0.2) is 42.5 Å². The van der Waals surface area contributed by atoms with Gasteiger partial charge in [-0.1, -0.05) is 29.8 Å². The number of hydrogen-bond donors (Lipinski definition) is 2. The fourth-order valence-electron chi connectivity index (χ4n) is 4.17. The number of carbonyl (C=O) groups is 2. The number of likely N-dealkylation sites (tertiary alicyclic amines) is 1. The van der Waals surface area contributed by atoms with Crippen molar-refractivity contribution in [2.24, 2.45) is 0 Å². The van der Waals surface area contributed by atoms with Gasteiger partial charge in [0.2, 0.25) is 5.91 Å². The van der Waals surface area contributed by atoms with Crippen LogP contribution in [0.3, 0.4) is 0 Å². The zero-order valence-corrected chi connectivity index (χ0v) is 20.7. The number of carbonyl (C=O) groups excluding carboxylic acids is 2. The minimum atomic E-state index is -0.284. The molecule has 2 aromatic carbocycles. The van der Waals surface area contributed by atoms with Crippen molar-refractivity contribution in [1.29, 1.82) is 0 Å². The molecule has 1 aliphatic rings. The van der Waals surface area contributed by atoms with Crippen molar-refractivity contribution >= 4 is 34.8 Å². The van der Waals surface area contributed by atoms with Crippen LogP contribution in [0.5, 0.6) is 5.75 Å². The van der Waals surface area contributed by atoms with Crippen LogP contribution in [0.4, 0.5) is 11.4 Å². The van der Waals surface area contributed by atoms with Gasteiger partial charge in [0.15, 0.2) is 0 Å². The van der Waals surface area contributed by atoms with Crippen molar-refractivity contribution in [2.75, 3.05) is 51.5 Å². The van der Waals surface area contributed by atoms with Crippen molar-refractivity contribution < 1.29 is 19.1 Å². The van der Waals surface area contributed by atoms with Gasteiger partial charge >= 0.3 is 0 Å². The molecular formula is C25H33ClN4O4. The number of nitrogen functional groups attached to an aromatic ring is 1. The van der Waals surface area contributed by atoms with Crippen molar-refractivity contribution in [1.82, 2.24) is 10.2 Å². The number of benzene rings is 2. The molecule has 2 aromatic rings. The fraction of sp³-hybridized carbons (Fsp3) is 0.440. The van der Waals surface area contributed by atoms with Crippen LogP contribution in [-0.2, 0) is 9.53 Å². The number of para-hydroxylation sites is 1. The second kappa shape index (κ2) is 12.1. The maximum atomic E-state index is 12.9. The topological polar surface area (TPSA) is 97.1 Å². The highest BCUT2D eigenvalue weighted by Gasteiger charge is 2.31. The predicted octanol–water partition coefficient (Wildman–Crippen LogP) is 3.19. The van der Waals surface area contributed by atoms with E-state index in [4.69, 9.17) is 26.8 Å². The van der Waals surface area contributed by atoms with Crippen molar-refractivity contribution in [2.45, 2.75) is 31.4 Å². The summed E-state index contributed by atoms with van der Waals surface area (Å²) < 4.78 is 11.0. The highest BCUT2D eigenvalue weighted by atomic mass is 35.5. The van der Waals surface area contributed by atoms with Crippen LogP contribution < -0.4 is 20.7 Å². The van der Waals surface area contributed by atoms with Crippen molar-refractivity contribution in [3.63, 3.8) is 0 Å². The molecule has 1 fully saturated rings. The molecule has 0 saturated carbocycles. The van der Waals surface area contributed by atoms with Crippen LogP contribution >= 0.6 is 11.6 Å². The Labute approximate surface area is 205 Å². The van der Waals surface area contributed by atoms with Gasteiger partial charge in [-0.05, 0) is 37.6 Å². The molecule has 0 aliphatic carbocycles. The van der Waals surface area contributed by atoms with Crippen LogP contribution in [0.2, 0.25) is 5.02 Å². The number of nitrogens with zero attached hydrogens (tertiary/aromatic N) is 2.